The van der Waals surface area contributed by atoms with Gasteiger partial charge in [0.1, 0.15) is 82.7 Å². The maximum atomic E-state index is 14.8. The summed E-state index contributed by atoms with van der Waals surface area (Å²) in [5.74, 6) is -11.1. The van der Waals surface area contributed by atoms with E-state index >= 15 is 0 Å². The maximum Gasteiger partial charge on any atom is 0.330 e. The van der Waals surface area contributed by atoms with Gasteiger partial charge in [-0.15, -0.1) is 0 Å². The Kier molecular flexibility index (Phi) is 20.8. The number of aromatic hydroxyl groups is 6. The van der Waals surface area contributed by atoms with E-state index in [-0.39, 0.29) is 61.0 Å². The van der Waals surface area contributed by atoms with Gasteiger partial charge in [-0.2, -0.15) is 0 Å². The predicted octanol–water partition coefficient (Wildman–Crippen LogP) is 4.51. The molecule has 0 spiro atoms. The molecule has 0 saturated carbocycles. The van der Waals surface area contributed by atoms with E-state index < -0.39 is 113 Å². The summed E-state index contributed by atoms with van der Waals surface area (Å²) in [6, 6.07) is 7.65. The molecular formula is C54H58Cl2N6O16. The van der Waals surface area contributed by atoms with Crippen LogP contribution in [0.15, 0.2) is 115 Å². The number of aliphatic hydroxyl groups is 2. The van der Waals surface area contributed by atoms with E-state index in [1.807, 2.05) is 13.8 Å². The number of carboxylic acids is 1. The number of Topliss-reactive ketones (excluding diaryl/α,β-unsaturated/α-hetero) is 1. The van der Waals surface area contributed by atoms with E-state index in [9.17, 15) is 79.5 Å². The molecule has 5 aromatic carbocycles. The van der Waals surface area contributed by atoms with Crippen LogP contribution in [0.5, 0.6) is 34.5 Å². The highest BCUT2D eigenvalue weighted by molar-refractivity contribution is 6.32. The van der Waals surface area contributed by atoms with Crippen molar-refractivity contribution in [2.75, 3.05) is 0 Å². The number of hydrogen-bond donors (Lipinski definition) is 15. The van der Waals surface area contributed by atoms with Crippen LogP contribution in [0.4, 0.5) is 0 Å². The van der Waals surface area contributed by atoms with Gasteiger partial charge >= 0.3 is 5.97 Å². The molecule has 22 nitrogen and oxygen atoms in total. The number of phenols is 6. The van der Waals surface area contributed by atoms with Crippen LogP contribution in [0.2, 0.25) is 10.0 Å². The Morgan fingerprint density at radius 1 is 0.500 bits per heavy atom. The second kappa shape index (κ2) is 27.0. The molecule has 78 heavy (non-hydrogen) atoms. The molecule has 0 heterocycles. The van der Waals surface area contributed by atoms with Gasteiger partial charge in [0.2, 0.25) is 29.5 Å². The Balaban J connectivity index is 1.53. The number of ketones is 1. The lowest BCUT2D eigenvalue weighted by Gasteiger charge is -2.30. The minimum Gasteiger partial charge on any atom is -0.508 e. The highest BCUT2D eigenvalue weighted by atomic mass is 35.5. The SMILES string of the molecule is C=C(NC(C(=O)NC(CC(C)=O)C(=O)NC(C(=O)NC(C(=O)NC(C(=O)NC(C(=O)O)c1cc(O)cc(O)c1)C(O)c1ccc(O)c(Cl)c1)c1ccc(O)cc1)c1ccc(O)cc1)C(O)c1ccc(O)c(Cl)c1)C(C)CCC. The fourth-order valence-electron chi connectivity index (χ4n) is 8.03. The van der Waals surface area contributed by atoms with Crippen molar-refractivity contribution in [1.29, 1.82) is 0 Å². The molecule has 5 aromatic rings. The summed E-state index contributed by atoms with van der Waals surface area (Å²) in [6.07, 6.45) is -3.13. The van der Waals surface area contributed by atoms with Crippen molar-refractivity contribution < 1.29 is 79.5 Å². The summed E-state index contributed by atoms with van der Waals surface area (Å²) in [5, 5.41) is 109. The number of carboxylic acid groups (broad SMARTS) is 1. The number of aliphatic hydroxyl groups excluding tert-OH is 2. The number of halogens is 2. The van der Waals surface area contributed by atoms with E-state index in [2.05, 4.69) is 38.5 Å². The molecule has 0 bridgehead atoms. The average Bonchev–Trinajstić information content (AvgIpc) is 3.38. The van der Waals surface area contributed by atoms with Crippen molar-refractivity contribution >= 4 is 64.5 Å². The maximum absolute atomic E-state index is 14.8. The largest absolute Gasteiger partial charge is 0.508 e. The molecule has 0 fully saturated rings. The van der Waals surface area contributed by atoms with Crippen molar-refractivity contribution in [2.45, 2.75) is 88.5 Å². The average molecular weight is 1120 g/mol. The summed E-state index contributed by atoms with van der Waals surface area (Å²) < 4.78 is 0. The molecule has 0 radical (unpaired) electrons. The molecule has 0 aliphatic carbocycles. The number of hydrogen-bond acceptors (Lipinski definition) is 16. The summed E-state index contributed by atoms with van der Waals surface area (Å²) >= 11 is 12.3. The highest BCUT2D eigenvalue weighted by Gasteiger charge is 2.39. The summed E-state index contributed by atoms with van der Waals surface area (Å²) in [6.45, 7) is 8.90. The first-order valence-electron chi connectivity index (χ1n) is 23.9. The van der Waals surface area contributed by atoms with Crippen molar-refractivity contribution in [3.05, 3.63) is 153 Å². The Morgan fingerprint density at radius 2 is 0.910 bits per heavy atom. The van der Waals surface area contributed by atoms with Crippen LogP contribution in [0.25, 0.3) is 0 Å². The monoisotopic (exact) mass is 1120 g/mol. The fraction of sp³-hybridized carbons (Fsp3) is 0.278. The third-order valence-corrected chi connectivity index (χ3v) is 12.9. The fourth-order valence-corrected chi connectivity index (χ4v) is 8.40. The molecule has 0 saturated heterocycles. The summed E-state index contributed by atoms with van der Waals surface area (Å²) in [5.41, 5.74) is -0.307. The summed E-state index contributed by atoms with van der Waals surface area (Å²) in [4.78, 5) is 97.9. The quantitative estimate of drug-likeness (QED) is 0.0382. The van der Waals surface area contributed by atoms with Crippen LogP contribution in [0, 0.1) is 5.92 Å². The number of amides is 5. The number of aliphatic carboxylic acids is 1. The van der Waals surface area contributed by atoms with Crippen molar-refractivity contribution in [3.8, 4) is 34.5 Å². The molecule has 0 aliphatic rings. The Hall–Kier alpha value is -8.57. The summed E-state index contributed by atoms with van der Waals surface area (Å²) in [7, 11) is 0. The first-order chi connectivity index (χ1) is 36.8. The second-order valence-electron chi connectivity index (χ2n) is 18.2. The Morgan fingerprint density at radius 3 is 1.35 bits per heavy atom. The molecule has 0 aromatic heterocycles. The van der Waals surface area contributed by atoms with Crippen LogP contribution in [-0.2, 0) is 33.6 Å². The van der Waals surface area contributed by atoms with Crippen LogP contribution in [0.3, 0.4) is 0 Å². The van der Waals surface area contributed by atoms with Crippen LogP contribution in [-0.4, -0.2) is 105 Å². The van der Waals surface area contributed by atoms with E-state index in [1.54, 1.807) is 0 Å². The number of allylic oxidation sites excluding steroid dienone is 1. The van der Waals surface area contributed by atoms with Gasteiger partial charge in [-0.05, 0) is 108 Å². The third kappa shape index (κ3) is 16.0. The number of carbonyl (C=O) groups is 7. The number of phenolic OH excluding ortho intramolecular Hbond substituents is 6. The number of benzene rings is 5. The number of carbonyl (C=O) groups excluding carboxylic acids is 6. The molecular weight excluding hydrogens is 1060 g/mol. The van der Waals surface area contributed by atoms with E-state index in [0.29, 0.717) is 12.1 Å². The molecule has 414 valence electrons. The van der Waals surface area contributed by atoms with Gasteiger partial charge < -0.3 is 77.9 Å². The second-order valence-corrected chi connectivity index (χ2v) is 19.0. The van der Waals surface area contributed by atoms with Crippen LogP contribution in [0.1, 0.15) is 98.2 Å². The molecule has 5 amide bonds. The van der Waals surface area contributed by atoms with Crippen LogP contribution < -0.4 is 31.9 Å². The lowest BCUT2D eigenvalue weighted by Crippen LogP contribution is -2.57. The van der Waals surface area contributed by atoms with Gasteiger partial charge in [0, 0.05) is 18.2 Å². The van der Waals surface area contributed by atoms with Gasteiger partial charge in [0.25, 0.3) is 0 Å². The highest BCUT2D eigenvalue weighted by Crippen LogP contribution is 2.32. The molecule has 15 N–H and O–H groups in total. The van der Waals surface area contributed by atoms with Gasteiger partial charge in [0.15, 0.2) is 6.04 Å². The van der Waals surface area contributed by atoms with Crippen LogP contribution >= 0.6 is 23.2 Å². The number of rotatable bonds is 25. The van der Waals surface area contributed by atoms with Gasteiger partial charge in [0.05, 0.1) is 10.0 Å². The molecule has 0 aliphatic heterocycles. The van der Waals surface area contributed by atoms with Gasteiger partial charge in [-0.25, -0.2) is 4.79 Å². The smallest absolute Gasteiger partial charge is 0.330 e. The third-order valence-electron chi connectivity index (χ3n) is 12.2. The van der Waals surface area contributed by atoms with Gasteiger partial charge in [-0.3, -0.25) is 28.8 Å². The first kappa shape index (κ1) is 60.3. The van der Waals surface area contributed by atoms with E-state index in [1.165, 1.54) is 42.5 Å². The Bertz CT molecular complexity index is 3010. The lowest BCUT2D eigenvalue weighted by molar-refractivity contribution is -0.143. The standard InChI is InChI=1S/C54H58Cl2N6O16/c1-5-6-25(2)27(4)57-45(47(70)30-11-17-40(68)37(55)22-30)52(75)58-39(19-26(3)63)49(72)59-42(28-7-13-33(64)14-8-28)50(73)60-43(29-9-15-34(65)16-10-29)51(74)62-46(48(71)31-12-18-41(69)38(56)23-31)53(76)61-44(54(77)78)32-20-35(66)24-36(67)21-32/h7-18,20-25,39,42-48,57,64-71H,4-6,19H2,1-3H3,(H,58,75)(H,59,72)(H,60,73)(H,61,76)(H,62,74)(H,77,78). The van der Waals surface area contributed by atoms with Crippen molar-refractivity contribution in [2.24, 2.45) is 5.92 Å². The zero-order valence-corrected chi connectivity index (χ0v) is 43.5. The molecule has 24 heteroatoms. The molecule has 9 atom stereocenters. The minimum absolute atomic E-state index is 0.0496. The van der Waals surface area contributed by atoms with E-state index in [4.69, 9.17) is 23.2 Å². The lowest BCUT2D eigenvalue weighted by atomic mass is 9.97. The van der Waals surface area contributed by atoms with Crippen molar-refractivity contribution in [1.82, 2.24) is 31.9 Å². The number of nitrogens with one attached hydrogen (secondary N) is 6. The predicted molar refractivity (Wildman–Crippen MR) is 282 cm³/mol. The first-order valence-corrected chi connectivity index (χ1v) is 24.7. The molecule has 9 unspecified atom stereocenters. The molecule has 5 rings (SSSR count). The zero-order valence-electron chi connectivity index (χ0n) is 42.0. The normalized spacial score (nSPS) is 14.6. The van der Waals surface area contributed by atoms with Gasteiger partial charge in [-0.1, -0.05) is 86.4 Å². The van der Waals surface area contributed by atoms with Crippen molar-refractivity contribution in [3.63, 3.8) is 0 Å². The minimum atomic E-state index is -2.19. The zero-order chi connectivity index (χ0) is 57.7. The topological polar surface area (TPSA) is 374 Å². The van der Waals surface area contributed by atoms with E-state index in [0.717, 1.165) is 74.0 Å². The Labute approximate surface area is 456 Å².